The van der Waals surface area contributed by atoms with Gasteiger partial charge in [0.1, 0.15) is 0 Å². The Hall–Kier alpha value is -4.24. The van der Waals surface area contributed by atoms with Crippen molar-refractivity contribution < 1.29 is 0 Å². The van der Waals surface area contributed by atoms with Gasteiger partial charge in [-0.05, 0) is 42.2 Å². The largest absolute Gasteiger partial charge is 0.263 e. The summed E-state index contributed by atoms with van der Waals surface area (Å²) in [6.45, 7) is 0. The first kappa shape index (κ1) is 15.3. The van der Waals surface area contributed by atoms with Gasteiger partial charge in [-0.15, -0.1) is 0 Å². The quantitative estimate of drug-likeness (QED) is 0.594. The van der Waals surface area contributed by atoms with Crippen LogP contribution in [0.2, 0.25) is 0 Å². The number of benzene rings is 1. The Morgan fingerprint density at radius 2 is 1.08 bits per heavy atom. The third-order valence-electron chi connectivity index (χ3n) is 3.64. The molecule has 0 atom stereocenters. The zero-order valence-corrected chi connectivity index (χ0v) is 13.7. The number of nitrogens with zero attached hydrogens (tertiary/aromatic N) is 2. The second kappa shape index (κ2) is 7.11. The molecule has 2 bridgehead atoms. The minimum Gasteiger partial charge on any atom is -0.263 e. The van der Waals surface area contributed by atoms with Crippen molar-refractivity contribution in [2.24, 2.45) is 0 Å². The van der Waals surface area contributed by atoms with Gasteiger partial charge in [0.2, 0.25) is 0 Å². The normalized spacial score (nSPS) is 10.3. The molecule has 26 heavy (non-hydrogen) atoms. The lowest BCUT2D eigenvalue weighted by Crippen LogP contribution is -1.85. The second-order valence-electron chi connectivity index (χ2n) is 5.42. The molecule has 0 spiro atoms. The average molecular weight is 326 g/mol. The van der Waals surface area contributed by atoms with Crippen LogP contribution in [0.25, 0.3) is 0 Å². The van der Waals surface area contributed by atoms with Gasteiger partial charge in [0.15, 0.2) is 0 Å². The molecule has 1 aliphatic carbocycles. The molecule has 2 nitrogen and oxygen atoms in total. The molecule has 4 rings (SSSR count). The van der Waals surface area contributed by atoms with E-state index in [4.69, 9.17) is 0 Å². The predicted molar refractivity (Wildman–Crippen MR) is 101 cm³/mol. The van der Waals surface area contributed by atoms with Crippen molar-refractivity contribution in [2.75, 3.05) is 0 Å². The Kier molecular flexibility index (Phi) is 4.18. The first-order valence-electron chi connectivity index (χ1n) is 7.93. The zero-order chi connectivity index (χ0) is 17.6. The summed E-state index contributed by atoms with van der Waals surface area (Å²) in [5, 5.41) is 0. The fourth-order valence-electron chi connectivity index (χ4n) is 2.36. The predicted octanol–water partition coefficient (Wildman–Crippen LogP) is 2.99. The van der Waals surface area contributed by atoms with Crippen molar-refractivity contribution in [3.05, 3.63) is 94.6 Å². The van der Waals surface area contributed by atoms with Crippen LogP contribution in [0.15, 0.2) is 61.2 Å². The van der Waals surface area contributed by atoms with Crippen LogP contribution in [-0.2, 0) is 0 Å². The van der Waals surface area contributed by atoms with Crippen LogP contribution in [0.1, 0.15) is 33.4 Å². The van der Waals surface area contributed by atoms with Crippen LogP contribution < -0.4 is 0 Å². The molecule has 0 saturated carbocycles. The molecule has 0 unspecified atom stereocenters. The summed E-state index contributed by atoms with van der Waals surface area (Å²) in [7, 11) is 0. The minimum atomic E-state index is 0.776. The number of pyridine rings is 2. The topological polar surface area (TPSA) is 25.8 Å². The zero-order valence-electron chi connectivity index (χ0n) is 13.7. The summed E-state index contributed by atoms with van der Waals surface area (Å²) >= 11 is 0. The fourth-order valence-corrected chi connectivity index (χ4v) is 2.36. The van der Waals surface area contributed by atoms with Gasteiger partial charge < -0.3 is 0 Å². The molecule has 0 fully saturated rings. The van der Waals surface area contributed by atoms with Crippen LogP contribution >= 0.6 is 0 Å². The summed E-state index contributed by atoms with van der Waals surface area (Å²) in [6.07, 6.45) is 6.83. The highest BCUT2D eigenvalue weighted by molar-refractivity contribution is 5.57. The maximum Gasteiger partial charge on any atom is 0.0589 e. The maximum atomic E-state index is 4.14. The van der Waals surface area contributed by atoms with E-state index in [2.05, 4.69) is 57.3 Å². The lowest BCUT2D eigenvalue weighted by atomic mass is 10.1. The number of hydrogen-bond donors (Lipinski definition) is 0. The number of hydrogen-bond acceptors (Lipinski definition) is 2. The van der Waals surface area contributed by atoms with E-state index in [0.29, 0.717) is 0 Å². The standard InChI is InChI=1S/C24H10N2/c1-2-7-22-13-15-26-18-24(22)11-9-20-5-3-4-19(16-20)8-10-23-17-25-14-12-21(23)6-1/h3-5,12-18H. The minimum absolute atomic E-state index is 0.776. The highest BCUT2D eigenvalue weighted by Crippen LogP contribution is 2.08. The summed E-state index contributed by atoms with van der Waals surface area (Å²) in [6, 6.07) is 11.5. The number of aromatic nitrogens is 2. The summed E-state index contributed by atoms with van der Waals surface area (Å²) in [4.78, 5) is 8.28. The van der Waals surface area contributed by atoms with Crippen LogP contribution in [0, 0.1) is 47.4 Å². The first-order chi connectivity index (χ1) is 12.9. The third kappa shape index (κ3) is 3.47. The van der Waals surface area contributed by atoms with Crippen molar-refractivity contribution in [1.82, 2.24) is 9.97 Å². The van der Waals surface area contributed by atoms with E-state index in [1.165, 1.54) is 0 Å². The van der Waals surface area contributed by atoms with E-state index in [9.17, 15) is 0 Å². The van der Waals surface area contributed by atoms with Gasteiger partial charge >= 0.3 is 0 Å². The Labute approximate surface area is 152 Å². The van der Waals surface area contributed by atoms with Gasteiger partial charge in [-0.1, -0.05) is 41.6 Å². The summed E-state index contributed by atoms with van der Waals surface area (Å²) in [5.74, 6) is 24.5. The number of rotatable bonds is 0. The van der Waals surface area contributed by atoms with Crippen LogP contribution in [-0.4, -0.2) is 9.97 Å². The van der Waals surface area contributed by atoms with Crippen molar-refractivity contribution >= 4 is 0 Å². The molecule has 0 amide bonds. The highest BCUT2D eigenvalue weighted by Gasteiger charge is 1.98. The monoisotopic (exact) mass is 326 g/mol. The fraction of sp³-hybridized carbons (Fsp3) is 0. The van der Waals surface area contributed by atoms with Gasteiger partial charge in [0.05, 0.1) is 11.1 Å². The van der Waals surface area contributed by atoms with Crippen molar-refractivity contribution in [1.29, 1.82) is 0 Å². The van der Waals surface area contributed by atoms with Crippen LogP contribution in [0.3, 0.4) is 0 Å². The van der Waals surface area contributed by atoms with Crippen molar-refractivity contribution in [2.45, 2.75) is 0 Å². The van der Waals surface area contributed by atoms with Gasteiger partial charge in [-0.25, -0.2) is 0 Å². The Bertz CT molecular complexity index is 1160. The molecule has 0 N–H and O–H groups in total. The Morgan fingerprint density at radius 3 is 1.62 bits per heavy atom. The van der Waals surface area contributed by atoms with E-state index < -0.39 is 0 Å². The molecule has 0 saturated heterocycles. The molecule has 1 aliphatic rings. The summed E-state index contributed by atoms with van der Waals surface area (Å²) < 4.78 is 0. The molecule has 116 valence electrons. The van der Waals surface area contributed by atoms with Gasteiger partial charge in [-0.2, -0.15) is 0 Å². The Morgan fingerprint density at radius 1 is 0.538 bits per heavy atom. The molecule has 2 heteroatoms. The van der Waals surface area contributed by atoms with E-state index in [0.717, 1.165) is 33.4 Å². The summed E-state index contributed by atoms with van der Waals surface area (Å²) in [5.41, 5.74) is 4.93. The molecule has 2 aromatic heterocycles. The van der Waals surface area contributed by atoms with E-state index in [1.54, 1.807) is 24.8 Å². The van der Waals surface area contributed by atoms with Crippen LogP contribution in [0.5, 0.6) is 0 Å². The van der Waals surface area contributed by atoms with Crippen molar-refractivity contribution in [3.8, 4) is 47.4 Å². The molecule has 0 radical (unpaired) electrons. The first-order valence-corrected chi connectivity index (χ1v) is 7.93. The van der Waals surface area contributed by atoms with Gasteiger partial charge in [0.25, 0.3) is 0 Å². The lowest BCUT2D eigenvalue weighted by Gasteiger charge is -1.95. The number of fused-ring (bicyclic) bond motifs is 4. The average Bonchev–Trinajstić information content (AvgIpc) is 2.69. The van der Waals surface area contributed by atoms with Gasteiger partial charge in [-0.3, -0.25) is 9.97 Å². The van der Waals surface area contributed by atoms with Crippen molar-refractivity contribution in [3.63, 3.8) is 0 Å². The van der Waals surface area contributed by atoms with Gasteiger partial charge in [0, 0.05) is 47.0 Å². The highest BCUT2D eigenvalue weighted by atomic mass is 14.6. The second-order valence-corrected chi connectivity index (χ2v) is 5.42. The molecule has 0 aliphatic heterocycles. The molecular formula is C24H10N2. The van der Waals surface area contributed by atoms with E-state index >= 15 is 0 Å². The van der Waals surface area contributed by atoms with Crippen LogP contribution in [0.4, 0.5) is 0 Å². The maximum absolute atomic E-state index is 4.14. The smallest absolute Gasteiger partial charge is 0.0589 e. The lowest BCUT2D eigenvalue weighted by molar-refractivity contribution is 1.30. The Balaban J connectivity index is 1.94. The van der Waals surface area contributed by atoms with E-state index in [-0.39, 0.29) is 0 Å². The SMILES string of the molecule is C1#Cc2ccncc2C#Cc2cccc(c2)C#Cc2cnccc2C#C1. The molecule has 3 aromatic rings. The molecule has 2 heterocycles. The molecule has 1 aromatic carbocycles. The van der Waals surface area contributed by atoms with E-state index in [1.807, 2.05) is 36.4 Å². The third-order valence-corrected chi connectivity index (χ3v) is 3.64. The molecular weight excluding hydrogens is 316 g/mol.